The molecule has 0 spiro atoms. The minimum Gasteiger partial charge on any atom is -0.309 e. The van der Waals surface area contributed by atoms with Crippen molar-refractivity contribution in [2.45, 2.75) is 40.2 Å². The molecule has 0 fully saturated rings. The molecule has 0 aromatic heterocycles. The Morgan fingerprint density at radius 3 is 2.33 bits per heavy atom. The number of thioether (sulfide) groups is 1. The molecule has 0 amide bonds. The number of hydrogen-bond donors (Lipinski definition) is 1. The summed E-state index contributed by atoms with van der Waals surface area (Å²) >= 11 is 2.06. The smallest absolute Gasteiger partial charge is 0.0411 e. The van der Waals surface area contributed by atoms with Crippen LogP contribution in [0.3, 0.4) is 0 Å². The molecular formula is C16H27NS. The molecule has 2 heteroatoms. The van der Waals surface area contributed by atoms with Crippen LogP contribution in [0.25, 0.3) is 0 Å². The van der Waals surface area contributed by atoms with Crippen LogP contribution in [-0.2, 0) is 0 Å². The SMILES string of the molecule is CCCNC(CSCC(C)C)c1ccc(C)cc1. The quantitative estimate of drug-likeness (QED) is 0.746. The van der Waals surface area contributed by atoms with E-state index in [-0.39, 0.29) is 0 Å². The van der Waals surface area contributed by atoms with Gasteiger partial charge in [-0.05, 0) is 37.1 Å². The van der Waals surface area contributed by atoms with E-state index in [1.165, 1.54) is 29.1 Å². The van der Waals surface area contributed by atoms with E-state index in [2.05, 4.69) is 69.0 Å². The highest BCUT2D eigenvalue weighted by molar-refractivity contribution is 7.99. The Balaban J connectivity index is 2.56. The van der Waals surface area contributed by atoms with Crippen molar-refractivity contribution in [1.82, 2.24) is 5.32 Å². The molecule has 1 atom stereocenters. The summed E-state index contributed by atoms with van der Waals surface area (Å²) in [6.45, 7) is 10.0. The Morgan fingerprint density at radius 1 is 1.11 bits per heavy atom. The molecule has 1 aromatic carbocycles. The normalized spacial score (nSPS) is 12.9. The van der Waals surface area contributed by atoms with E-state index in [4.69, 9.17) is 0 Å². The van der Waals surface area contributed by atoms with Gasteiger partial charge in [-0.3, -0.25) is 0 Å². The summed E-state index contributed by atoms with van der Waals surface area (Å²) in [4.78, 5) is 0. The lowest BCUT2D eigenvalue weighted by Gasteiger charge is -2.19. The van der Waals surface area contributed by atoms with E-state index < -0.39 is 0 Å². The molecule has 0 saturated carbocycles. The van der Waals surface area contributed by atoms with Crippen LogP contribution in [-0.4, -0.2) is 18.1 Å². The van der Waals surface area contributed by atoms with Gasteiger partial charge < -0.3 is 5.32 Å². The van der Waals surface area contributed by atoms with Crippen LogP contribution < -0.4 is 5.32 Å². The third-order valence-electron chi connectivity index (χ3n) is 2.86. The van der Waals surface area contributed by atoms with Gasteiger partial charge in [-0.1, -0.05) is 50.6 Å². The van der Waals surface area contributed by atoms with Crippen LogP contribution in [0, 0.1) is 12.8 Å². The number of nitrogens with one attached hydrogen (secondary N) is 1. The van der Waals surface area contributed by atoms with Crippen LogP contribution in [0.4, 0.5) is 0 Å². The van der Waals surface area contributed by atoms with Gasteiger partial charge in [-0.25, -0.2) is 0 Å². The van der Waals surface area contributed by atoms with Crippen LogP contribution >= 0.6 is 11.8 Å². The third-order valence-corrected chi connectivity index (χ3v) is 4.33. The first-order valence-corrected chi connectivity index (χ1v) is 8.16. The summed E-state index contributed by atoms with van der Waals surface area (Å²) in [6, 6.07) is 9.44. The molecule has 1 unspecified atom stereocenters. The summed E-state index contributed by atoms with van der Waals surface area (Å²) in [5.41, 5.74) is 2.76. The summed E-state index contributed by atoms with van der Waals surface area (Å²) < 4.78 is 0. The van der Waals surface area contributed by atoms with Crippen molar-refractivity contribution in [3.8, 4) is 0 Å². The van der Waals surface area contributed by atoms with Crippen molar-refractivity contribution < 1.29 is 0 Å². The molecule has 0 aliphatic carbocycles. The van der Waals surface area contributed by atoms with E-state index >= 15 is 0 Å². The van der Waals surface area contributed by atoms with Gasteiger partial charge in [0.05, 0.1) is 0 Å². The number of aryl methyl sites for hydroxylation is 1. The van der Waals surface area contributed by atoms with Crippen molar-refractivity contribution in [2.75, 3.05) is 18.1 Å². The second-order valence-corrected chi connectivity index (χ2v) is 6.42. The van der Waals surface area contributed by atoms with E-state index in [9.17, 15) is 0 Å². The number of rotatable bonds is 8. The van der Waals surface area contributed by atoms with Gasteiger partial charge in [-0.2, -0.15) is 11.8 Å². The van der Waals surface area contributed by atoms with Crippen LogP contribution in [0.2, 0.25) is 0 Å². The van der Waals surface area contributed by atoms with Gasteiger partial charge >= 0.3 is 0 Å². The van der Waals surface area contributed by atoms with E-state index in [0.717, 1.165) is 12.5 Å². The van der Waals surface area contributed by atoms with E-state index in [0.29, 0.717) is 6.04 Å². The molecule has 1 N–H and O–H groups in total. The van der Waals surface area contributed by atoms with E-state index in [1.807, 2.05) is 0 Å². The molecule has 0 radical (unpaired) electrons. The molecule has 0 aliphatic rings. The zero-order valence-electron chi connectivity index (χ0n) is 12.2. The first-order valence-electron chi connectivity index (χ1n) is 7.01. The van der Waals surface area contributed by atoms with E-state index in [1.54, 1.807) is 0 Å². The Hall–Kier alpha value is -0.470. The predicted octanol–water partition coefficient (Wildman–Crippen LogP) is 4.42. The maximum absolute atomic E-state index is 3.66. The summed E-state index contributed by atoms with van der Waals surface area (Å²) in [5, 5.41) is 3.66. The van der Waals surface area contributed by atoms with Crippen molar-refractivity contribution in [3.63, 3.8) is 0 Å². The molecular weight excluding hydrogens is 238 g/mol. The monoisotopic (exact) mass is 265 g/mol. The van der Waals surface area contributed by atoms with Crippen molar-refractivity contribution in [3.05, 3.63) is 35.4 Å². The van der Waals surface area contributed by atoms with Crippen LogP contribution in [0.15, 0.2) is 24.3 Å². The van der Waals surface area contributed by atoms with Gasteiger partial charge in [0.2, 0.25) is 0 Å². The molecule has 0 aliphatic heterocycles. The first-order chi connectivity index (χ1) is 8.63. The fourth-order valence-electron chi connectivity index (χ4n) is 1.81. The molecule has 0 bridgehead atoms. The predicted molar refractivity (Wildman–Crippen MR) is 84.4 cm³/mol. The lowest BCUT2D eigenvalue weighted by molar-refractivity contribution is 0.576. The van der Waals surface area contributed by atoms with Gasteiger partial charge in [0.1, 0.15) is 0 Å². The van der Waals surface area contributed by atoms with Gasteiger partial charge in [0.15, 0.2) is 0 Å². The minimum atomic E-state index is 0.495. The highest BCUT2D eigenvalue weighted by Gasteiger charge is 2.10. The van der Waals surface area contributed by atoms with Crippen molar-refractivity contribution in [2.24, 2.45) is 5.92 Å². The summed E-state index contributed by atoms with van der Waals surface area (Å²) in [6.07, 6.45) is 1.19. The maximum Gasteiger partial charge on any atom is 0.0411 e. The standard InChI is InChI=1S/C16H27NS/c1-5-10-17-16(12-18-11-13(2)3)15-8-6-14(4)7-9-15/h6-9,13,16-17H,5,10-12H2,1-4H3. The Morgan fingerprint density at radius 2 is 1.78 bits per heavy atom. The zero-order chi connectivity index (χ0) is 13.4. The molecule has 1 rings (SSSR count). The molecule has 1 nitrogen and oxygen atoms in total. The molecule has 102 valence electrons. The van der Waals surface area contributed by atoms with Crippen molar-refractivity contribution >= 4 is 11.8 Å². The lowest BCUT2D eigenvalue weighted by atomic mass is 10.1. The lowest BCUT2D eigenvalue weighted by Crippen LogP contribution is -2.24. The largest absolute Gasteiger partial charge is 0.309 e. The molecule has 1 aromatic rings. The highest BCUT2D eigenvalue weighted by atomic mass is 32.2. The minimum absolute atomic E-state index is 0.495. The number of benzene rings is 1. The fraction of sp³-hybridized carbons (Fsp3) is 0.625. The fourth-order valence-corrected chi connectivity index (χ4v) is 2.97. The average Bonchev–Trinajstić information content (AvgIpc) is 2.34. The average molecular weight is 265 g/mol. The maximum atomic E-state index is 3.66. The zero-order valence-corrected chi connectivity index (χ0v) is 13.0. The topological polar surface area (TPSA) is 12.0 Å². The second kappa shape index (κ2) is 8.60. The van der Waals surface area contributed by atoms with Gasteiger partial charge in [0, 0.05) is 11.8 Å². The summed E-state index contributed by atoms with van der Waals surface area (Å²) in [7, 11) is 0. The molecule has 18 heavy (non-hydrogen) atoms. The van der Waals surface area contributed by atoms with Crippen LogP contribution in [0.5, 0.6) is 0 Å². The Bertz CT molecular complexity index is 318. The highest BCUT2D eigenvalue weighted by Crippen LogP contribution is 2.20. The Labute approximate surface area is 117 Å². The molecule has 0 heterocycles. The van der Waals surface area contributed by atoms with Crippen molar-refractivity contribution in [1.29, 1.82) is 0 Å². The van der Waals surface area contributed by atoms with Gasteiger partial charge in [-0.15, -0.1) is 0 Å². The first kappa shape index (κ1) is 15.6. The third kappa shape index (κ3) is 5.92. The summed E-state index contributed by atoms with van der Waals surface area (Å²) in [5.74, 6) is 3.19. The van der Waals surface area contributed by atoms with Crippen LogP contribution in [0.1, 0.15) is 44.4 Å². The second-order valence-electron chi connectivity index (χ2n) is 5.35. The number of hydrogen-bond acceptors (Lipinski definition) is 2. The van der Waals surface area contributed by atoms with Gasteiger partial charge in [0.25, 0.3) is 0 Å². The Kier molecular flexibility index (Phi) is 7.45. The molecule has 0 saturated heterocycles.